The van der Waals surface area contributed by atoms with E-state index in [1.807, 2.05) is 42.5 Å². The summed E-state index contributed by atoms with van der Waals surface area (Å²) in [6.07, 6.45) is 0. The smallest absolute Gasteiger partial charge is 0.337 e. The van der Waals surface area contributed by atoms with E-state index in [1.165, 1.54) is 10.6 Å². The molecule has 0 aliphatic carbocycles. The number of aromatic nitrogens is 2. The highest BCUT2D eigenvalue weighted by Gasteiger charge is 2.16. The van der Waals surface area contributed by atoms with Crippen LogP contribution in [0.1, 0.15) is 28.4 Å². The Bertz CT molecular complexity index is 1400. The van der Waals surface area contributed by atoms with Gasteiger partial charge in [0.25, 0.3) is 5.97 Å². The molecule has 3 aromatic carbocycles. The SMILES string of the molecule is CC(=O)O.N=C(N)c1ccccc1-c1ccc(Cn2c(=O)[nH]c3cccc(C(=O)O)c32)cc1. The molecule has 0 bridgehead atoms. The molecule has 0 radical (unpaired) electrons. The van der Waals surface area contributed by atoms with Crippen LogP contribution >= 0.6 is 0 Å². The van der Waals surface area contributed by atoms with Crippen LogP contribution in [0.25, 0.3) is 22.2 Å². The number of nitrogens with two attached hydrogens (primary N) is 1. The highest BCUT2D eigenvalue weighted by molar-refractivity contribution is 6.02. The van der Waals surface area contributed by atoms with Crippen LogP contribution in [0.2, 0.25) is 0 Å². The fourth-order valence-corrected chi connectivity index (χ4v) is 3.48. The minimum atomic E-state index is -1.08. The van der Waals surface area contributed by atoms with Crippen LogP contribution in [0.5, 0.6) is 0 Å². The predicted octanol–water partition coefficient (Wildman–Crippen LogP) is 3.12. The van der Waals surface area contributed by atoms with Gasteiger partial charge in [0.2, 0.25) is 0 Å². The number of para-hydroxylation sites is 1. The fourth-order valence-electron chi connectivity index (χ4n) is 3.48. The van der Waals surface area contributed by atoms with Gasteiger partial charge in [-0.05, 0) is 28.8 Å². The molecule has 0 aliphatic rings. The quantitative estimate of drug-likeness (QED) is 0.234. The van der Waals surface area contributed by atoms with Crippen molar-refractivity contribution in [1.82, 2.24) is 9.55 Å². The summed E-state index contributed by atoms with van der Waals surface area (Å²) >= 11 is 0. The monoisotopic (exact) mass is 446 g/mol. The van der Waals surface area contributed by atoms with Crippen LogP contribution in [0.4, 0.5) is 0 Å². The molecule has 1 heterocycles. The number of carboxylic acid groups (broad SMARTS) is 2. The Morgan fingerprint density at radius 3 is 2.18 bits per heavy atom. The lowest BCUT2D eigenvalue weighted by Crippen LogP contribution is -2.18. The number of amidine groups is 1. The van der Waals surface area contributed by atoms with E-state index in [9.17, 15) is 14.7 Å². The summed E-state index contributed by atoms with van der Waals surface area (Å²) in [5, 5.41) is 24.6. The second kappa shape index (κ2) is 9.65. The van der Waals surface area contributed by atoms with Gasteiger partial charge in [0.15, 0.2) is 0 Å². The molecule has 0 spiro atoms. The molecule has 9 heteroatoms. The molecular weight excluding hydrogens is 424 g/mol. The van der Waals surface area contributed by atoms with Gasteiger partial charge in [-0.3, -0.25) is 14.8 Å². The topological polar surface area (TPSA) is 162 Å². The summed E-state index contributed by atoms with van der Waals surface area (Å²) in [5.41, 5.74) is 9.50. The van der Waals surface area contributed by atoms with E-state index in [0.717, 1.165) is 23.6 Å². The van der Waals surface area contributed by atoms with Crippen molar-refractivity contribution in [1.29, 1.82) is 5.41 Å². The van der Waals surface area contributed by atoms with Crippen molar-refractivity contribution in [2.75, 3.05) is 0 Å². The number of nitrogen functional groups attached to an aromatic ring is 1. The lowest BCUT2D eigenvalue weighted by molar-refractivity contribution is -0.134. The van der Waals surface area contributed by atoms with Crippen LogP contribution in [0.3, 0.4) is 0 Å². The lowest BCUT2D eigenvalue weighted by Gasteiger charge is -2.10. The predicted molar refractivity (Wildman–Crippen MR) is 125 cm³/mol. The minimum absolute atomic E-state index is 0.00350. The summed E-state index contributed by atoms with van der Waals surface area (Å²) in [7, 11) is 0. The highest BCUT2D eigenvalue weighted by Crippen LogP contribution is 2.24. The van der Waals surface area contributed by atoms with Crippen molar-refractivity contribution in [3.63, 3.8) is 0 Å². The third kappa shape index (κ3) is 5.16. The molecule has 168 valence electrons. The Hall–Kier alpha value is -4.66. The fraction of sp³-hybridized carbons (Fsp3) is 0.0833. The number of benzene rings is 3. The number of aromatic carboxylic acids is 1. The molecule has 0 amide bonds. The number of aromatic amines is 1. The van der Waals surface area contributed by atoms with Gasteiger partial charge in [0.05, 0.1) is 23.1 Å². The molecule has 0 atom stereocenters. The Balaban J connectivity index is 0.000000709. The molecule has 1 aromatic heterocycles. The van der Waals surface area contributed by atoms with E-state index in [1.54, 1.807) is 18.2 Å². The summed E-state index contributed by atoms with van der Waals surface area (Å²) in [4.78, 5) is 35.7. The number of aliphatic carboxylic acids is 1. The molecule has 0 aliphatic heterocycles. The average molecular weight is 446 g/mol. The Kier molecular flexibility index (Phi) is 6.73. The summed E-state index contributed by atoms with van der Waals surface area (Å²) in [6, 6.07) is 19.7. The zero-order chi connectivity index (χ0) is 24.1. The first-order valence-electron chi connectivity index (χ1n) is 9.86. The number of H-pyrrole nitrogens is 1. The first-order valence-corrected chi connectivity index (χ1v) is 9.86. The molecule has 9 nitrogen and oxygen atoms in total. The van der Waals surface area contributed by atoms with Crippen LogP contribution in [-0.2, 0) is 11.3 Å². The third-order valence-electron chi connectivity index (χ3n) is 4.85. The zero-order valence-corrected chi connectivity index (χ0v) is 17.7. The van der Waals surface area contributed by atoms with E-state index < -0.39 is 11.9 Å². The number of fused-ring (bicyclic) bond motifs is 1. The van der Waals surface area contributed by atoms with Crippen LogP contribution in [0, 0.1) is 5.41 Å². The van der Waals surface area contributed by atoms with Gasteiger partial charge in [-0.15, -0.1) is 0 Å². The van der Waals surface area contributed by atoms with Crippen molar-refractivity contribution < 1.29 is 19.8 Å². The zero-order valence-electron chi connectivity index (χ0n) is 17.7. The van der Waals surface area contributed by atoms with Crippen LogP contribution < -0.4 is 11.4 Å². The maximum absolute atomic E-state index is 12.4. The Labute approximate surface area is 188 Å². The number of imidazole rings is 1. The van der Waals surface area contributed by atoms with Crippen LogP contribution in [-0.4, -0.2) is 37.5 Å². The summed E-state index contributed by atoms with van der Waals surface area (Å²) < 4.78 is 1.43. The summed E-state index contributed by atoms with van der Waals surface area (Å²) in [6.45, 7) is 1.32. The number of hydrogen-bond donors (Lipinski definition) is 5. The molecule has 0 saturated heterocycles. The molecule has 4 aromatic rings. The molecule has 0 saturated carbocycles. The number of hydrogen-bond acceptors (Lipinski definition) is 4. The third-order valence-corrected chi connectivity index (χ3v) is 4.85. The standard InChI is InChI=1S/C22H18N4O3.C2H4O2/c23-20(24)16-5-2-1-4-15(16)14-10-8-13(9-11-14)12-26-19-17(21(27)28)6-3-7-18(19)25-22(26)29;1-2(3)4/h1-11H,12H2,(H3,23,24)(H,25,29)(H,27,28);1H3,(H,3,4). The lowest BCUT2D eigenvalue weighted by atomic mass is 9.98. The second-order valence-corrected chi connectivity index (χ2v) is 7.20. The average Bonchev–Trinajstić information content (AvgIpc) is 3.09. The largest absolute Gasteiger partial charge is 0.481 e. The van der Waals surface area contributed by atoms with Gasteiger partial charge in [-0.2, -0.15) is 0 Å². The van der Waals surface area contributed by atoms with Gasteiger partial charge in [0, 0.05) is 12.5 Å². The number of nitrogens with zero attached hydrogens (tertiary/aromatic N) is 1. The van der Waals surface area contributed by atoms with Crippen molar-refractivity contribution in [2.45, 2.75) is 13.5 Å². The number of rotatable bonds is 5. The number of nitrogens with one attached hydrogen (secondary N) is 2. The van der Waals surface area contributed by atoms with E-state index >= 15 is 0 Å². The molecule has 33 heavy (non-hydrogen) atoms. The van der Waals surface area contributed by atoms with Crippen molar-refractivity contribution in [3.05, 3.63) is 93.9 Å². The van der Waals surface area contributed by atoms with Crippen LogP contribution in [0.15, 0.2) is 71.5 Å². The molecule has 6 N–H and O–H groups in total. The van der Waals surface area contributed by atoms with Gasteiger partial charge in [-0.1, -0.05) is 54.6 Å². The normalized spacial score (nSPS) is 10.3. The minimum Gasteiger partial charge on any atom is -0.481 e. The van der Waals surface area contributed by atoms with Gasteiger partial charge in [-0.25, -0.2) is 9.59 Å². The van der Waals surface area contributed by atoms with Crippen molar-refractivity contribution in [2.24, 2.45) is 5.73 Å². The van der Waals surface area contributed by atoms with E-state index in [4.69, 9.17) is 21.0 Å². The van der Waals surface area contributed by atoms with Gasteiger partial charge in [0.1, 0.15) is 5.84 Å². The molecular formula is C24H22N4O5. The molecule has 0 unspecified atom stereocenters. The first-order chi connectivity index (χ1) is 15.7. The van der Waals surface area contributed by atoms with Crippen molar-refractivity contribution >= 4 is 28.8 Å². The second-order valence-electron chi connectivity index (χ2n) is 7.20. The molecule has 0 fully saturated rings. The first kappa shape index (κ1) is 23.0. The maximum atomic E-state index is 12.4. The van der Waals surface area contributed by atoms with E-state index in [-0.39, 0.29) is 23.6 Å². The van der Waals surface area contributed by atoms with Gasteiger partial charge >= 0.3 is 11.7 Å². The molecule has 4 rings (SSSR count). The number of carboxylic acids is 2. The highest BCUT2D eigenvalue weighted by atomic mass is 16.4. The number of carbonyl (C=O) groups is 2. The van der Waals surface area contributed by atoms with E-state index in [0.29, 0.717) is 16.6 Å². The Morgan fingerprint density at radius 2 is 1.58 bits per heavy atom. The van der Waals surface area contributed by atoms with Gasteiger partial charge < -0.3 is 20.9 Å². The summed E-state index contributed by atoms with van der Waals surface area (Å²) in [5.74, 6) is -1.92. The van der Waals surface area contributed by atoms with E-state index in [2.05, 4.69) is 4.98 Å². The van der Waals surface area contributed by atoms with Crippen molar-refractivity contribution in [3.8, 4) is 11.1 Å². The maximum Gasteiger partial charge on any atom is 0.337 e. The Morgan fingerprint density at radius 1 is 0.970 bits per heavy atom.